The van der Waals surface area contributed by atoms with E-state index in [4.69, 9.17) is 10.5 Å². The van der Waals surface area contributed by atoms with Gasteiger partial charge in [0.05, 0.1) is 13.2 Å². The highest BCUT2D eigenvalue weighted by Crippen LogP contribution is 2.37. The summed E-state index contributed by atoms with van der Waals surface area (Å²) in [6.45, 7) is 4.58. The van der Waals surface area contributed by atoms with E-state index in [0.29, 0.717) is 5.92 Å². The molecule has 0 aromatic carbocycles. The van der Waals surface area contributed by atoms with Gasteiger partial charge in [-0.05, 0) is 36.6 Å². The molecule has 2 rings (SSSR count). The molecule has 2 heterocycles. The van der Waals surface area contributed by atoms with Crippen molar-refractivity contribution < 1.29 is 4.74 Å². The molecule has 3 nitrogen and oxygen atoms in total. The second kappa shape index (κ2) is 4.29. The molecule has 2 N–H and O–H groups in total. The quantitative estimate of drug-likeness (QED) is 0.808. The first kappa shape index (κ1) is 10.6. The van der Waals surface area contributed by atoms with Crippen LogP contribution in [0.15, 0.2) is 24.5 Å². The third kappa shape index (κ3) is 2.03. The minimum absolute atomic E-state index is 0.196. The lowest BCUT2D eigenvalue weighted by Crippen LogP contribution is -2.48. The first-order chi connectivity index (χ1) is 7.27. The molecule has 82 valence electrons. The summed E-state index contributed by atoms with van der Waals surface area (Å²) in [5.41, 5.74) is 7.22. The molecule has 1 aromatic rings. The van der Waals surface area contributed by atoms with Crippen molar-refractivity contribution in [1.29, 1.82) is 0 Å². The number of nitrogens with two attached hydrogens (primary N) is 1. The third-order valence-electron chi connectivity index (χ3n) is 3.19. The van der Waals surface area contributed by atoms with Gasteiger partial charge in [0.2, 0.25) is 0 Å². The zero-order valence-electron chi connectivity index (χ0n) is 9.15. The summed E-state index contributed by atoms with van der Waals surface area (Å²) in [5.74, 6) is 0.544. The Morgan fingerprint density at radius 1 is 1.47 bits per heavy atom. The van der Waals surface area contributed by atoms with Crippen LogP contribution < -0.4 is 5.73 Å². The predicted octanol–water partition coefficient (Wildman–Crippen LogP) is 1.33. The highest BCUT2D eigenvalue weighted by atomic mass is 16.5. The molecule has 1 aliphatic heterocycles. The molecule has 0 aliphatic carbocycles. The molecule has 3 heteroatoms. The Hall–Kier alpha value is -0.930. The number of ether oxygens (including phenoxy) is 1. The summed E-state index contributed by atoms with van der Waals surface area (Å²) in [5, 5.41) is 0. The molecule has 1 aliphatic rings. The first-order valence-corrected chi connectivity index (χ1v) is 5.45. The fraction of sp³-hybridized carbons (Fsp3) is 0.583. The normalized spacial score (nSPS) is 20.7. The molecule has 15 heavy (non-hydrogen) atoms. The van der Waals surface area contributed by atoms with Crippen LogP contribution in [0.25, 0.3) is 0 Å². The Morgan fingerprint density at radius 2 is 2.13 bits per heavy atom. The summed E-state index contributed by atoms with van der Waals surface area (Å²) >= 11 is 0. The van der Waals surface area contributed by atoms with Gasteiger partial charge < -0.3 is 10.5 Å². The molecule has 0 spiro atoms. The Kier molecular flexibility index (Phi) is 3.03. The van der Waals surface area contributed by atoms with Gasteiger partial charge in [0.1, 0.15) is 0 Å². The van der Waals surface area contributed by atoms with E-state index >= 15 is 0 Å². The van der Waals surface area contributed by atoms with Crippen molar-refractivity contribution in [3.8, 4) is 0 Å². The van der Waals surface area contributed by atoms with Crippen LogP contribution >= 0.6 is 0 Å². The zero-order valence-corrected chi connectivity index (χ0v) is 9.15. The van der Waals surface area contributed by atoms with E-state index in [-0.39, 0.29) is 5.41 Å². The topological polar surface area (TPSA) is 48.1 Å². The average molecular weight is 206 g/mol. The smallest absolute Gasteiger partial charge is 0.0585 e. The molecular formula is C12H18N2O. The lowest BCUT2D eigenvalue weighted by molar-refractivity contribution is -0.0702. The van der Waals surface area contributed by atoms with E-state index in [2.05, 4.69) is 24.0 Å². The zero-order chi connectivity index (χ0) is 10.7. The highest BCUT2D eigenvalue weighted by Gasteiger charge is 2.40. The van der Waals surface area contributed by atoms with Gasteiger partial charge in [-0.1, -0.05) is 6.92 Å². The monoisotopic (exact) mass is 206 g/mol. The summed E-state index contributed by atoms with van der Waals surface area (Å²) in [6, 6.07) is 4.18. The molecule has 1 fully saturated rings. The SMILES string of the molecule is CC(CN)CC1(c2ccncc2)COC1. The Labute approximate surface area is 90.7 Å². The van der Waals surface area contributed by atoms with Crippen LogP contribution in [-0.2, 0) is 10.2 Å². The van der Waals surface area contributed by atoms with Gasteiger partial charge in [0.15, 0.2) is 0 Å². The van der Waals surface area contributed by atoms with Crippen LogP contribution in [0.1, 0.15) is 18.9 Å². The minimum atomic E-state index is 0.196. The lowest BCUT2D eigenvalue weighted by atomic mass is 9.73. The second-order valence-corrected chi connectivity index (χ2v) is 4.55. The average Bonchev–Trinajstić information content (AvgIpc) is 2.24. The summed E-state index contributed by atoms with van der Waals surface area (Å²) in [6.07, 6.45) is 4.80. The number of aromatic nitrogens is 1. The van der Waals surface area contributed by atoms with Gasteiger partial charge in [-0.25, -0.2) is 0 Å². The Morgan fingerprint density at radius 3 is 2.60 bits per heavy atom. The van der Waals surface area contributed by atoms with E-state index in [9.17, 15) is 0 Å². The maximum absolute atomic E-state index is 5.68. The van der Waals surface area contributed by atoms with Crippen molar-refractivity contribution in [1.82, 2.24) is 4.98 Å². The summed E-state index contributed by atoms with van der Waals surface area (Å²) in [4.78, 5) is 4.05. The molecule has 0 bridgehead atoms. The molecular weight excluding hydrogens is 188 g/mol. The molecule has 1 aromatic heterocycles. The fourth-order valence-corrected chi connectivity index (χ4v) is 2.21. The molecule has 0 radical (unpaired) electrons. The predicted molar refractivity (Wildman–Crippen MR) is 59.6 cm³/mol. The van der Waals surface area contributed by atoms with E-state index in [0.717, 1.165) is 26.2 Å². The van der Waals surface area contributed by atoms with Gasteiger partial charge >= 0.3 is 0 Å². The van der Waals surface area contributed by atoms with Crippen molar-refractivity contribution >= 4 is 0 Å². The van der Waals surface area contributed by atoms with Crippen molar-refractivity contribution in [3.05, 3.63) is 30.1 Å². The van der Waals surface area contributed by atoms with Gasteiger partial charge in [0.25, 0.3) is 0 Å². The van der Waals surface area contributed by atoms with Crippen LogP contribution in [0.5, 0.6) is 0 Å². The van der Waals surface area contributed by atoms with Gasteiger partial charge in [-0.2, -0.15) is 0 Å². The highest BCUT2D eigenvalue weighted by molar-refractivity contribution is 5.25. The van der Waals surface area contributed by atoms with E-state index < -0.39 is 0 Å². The third-order valence-corrected chi connectivity index (χ3v) is 3.19. The Bertz CT molecular complexity index is 309. The van der Waals surface area contributed by atoms with Gasteiger partial charge in [-0.15, -0.1) is 0 Å². The standard InChI is InChI=1S/C12H18N2O/c1-10(7-13)6-12(8-15-9-12)11-2-4-14-5-3-11/h2-5,10H,6-9,13H2,1H3. The van der Waals surface area contributed by atoms with Crippen molar-refractivity contribution in [2.45, 2.75) is 18.8 Å². The lowest BCUT2D eigenvalue weighted by Gasteiger charge is -2.43. The fourth-order valence-electron chi connectivity index (χ4n) is 2.21. The number of nitrogens with zero attached hydrogens (tertiary/aromatic N) is 1. The number of rotatable bonds is 4. The minimum Gasteiger partial charge on any atom is -0.379 e. The summed E-state index contributed by atoms with van der Waals surface area (Å²) in [7, 11) is 0. The first-order valence-electron chi connectivity index (χ1n) is 5.45. The maximum atomic E-state index is 5.68. The molecule has 0 saturated carbocycles. The summed E-state index contributed by atoms with van der Waals surface area (Å²) < 4.78 is 5.38. The van der Waals surface area contributed by atoms with Crippen molar-refractivity contribution in [2.24, 2.45) is 11.7 Å². The van der Waals surface area contributed by atoms with Crippen molar-refractivity contribution in [2.75, 3.05) is 19.8 Å². The van der Waals surface area contributed by atoms with Crippen LogP contribution in [0.3, 0.4) is 0 Å². The van der Waals surface area contributed by atoms with Gasteiger partial charge in [-0.3, -0.25) is 4.98 Å². The largest absolute Gasteiger partial charge is 0.379 e. The van der Waals surface area contributed by atoms with Crippen LogP contribution in [-0.4, -0.2) is 24.7 Å². The van der Waals surface area contributed by atoms with E-state index in [1.54, 1.807) is 0 Å². The second-order valence-electron chi connectivity index (χ2n) is 4.55. The number of hydrogen-bond donors (Lipinski definition) is 1. The van der Waals surface area contributed by atoms with Gasteiger partial charge in [0, 0.05) is 17.8 Å². The Balaban J connectivity index is 2.15. The molecule has 1 atom stereocenters. The van der Waals surface area contributed by atoms with Crippen LogP contribution in [0.2, 0.25) is 0 Å². The van der Waals surface area contributed by atoms with E-state index in [1.165, 1.54) is 5.56 Å². The number of pyridine rings is 1. The van der Waals surface area contributed by atoms with Crippen molar-refractivity contribution in [3.63, 3.8) is 0 Å². The van der Waals surface area contributed by atoms with E-state index in [1.807, 2.05) is 12.4 Å². The van der Waals surface area contributed by atoms with Crippen LogP contribution in [0.4, 0.5) is 0 Å². The molecule has 1 unspecified atom stereocenters. The maximum Gasteiger partial charge on any atom is 0.0585 e. The number of hydrogen-bond acceptors (Lipinski definition) is 3. The molecule has 0 amide bonds. The molecule has 1 saturated heterocycles. The van der Waals surface area contributed by atoms with Crippen LogP contribution in [0, 0.1) is 5.92 Å².